The summed E-state index contributed by atoms with van der Waals surface area (Å²) < 4.78 is 36.3. The molecule has 0 aliphatic carbocycles. The van der Waals surface area contributed by atoms with Crippen LogP contribution in [0.5, 0.6) is 0 Å². The van der Waals surface area contributed by atoms with Crippen molar-refractivity contribution in [3.05, 3.63) is 28.5 Å². The maximum absolute atomic E-state index is 13.2. The van der Waals surface area contributed by atoms with E-state index < -0.39 is 28.0 Å². The highest BCUT2D eigenvalue weighted by atomic mass is 79.9. The fourth-order valence-electron chi connectivity index (χ4n) is 0.958. The number of hydrogen-bond acceptors (Lipinski definition) is 3. The van der Waals surface area contributed by atoms with E-state index in [1.807, 2.05) is 0 Å². The fourth-order valence-corrected chi connectivity index (χ4v) is 2.38. The van der Waals surface area contributed by atoms with Crippen molar-refractivity contribution in [3.63, 3.8) is 0 Å². The molecule has 0 saturated carbocycles. The molecule has 6 heteroatoms. The third kappa shape index (κ3) is 2.52. The molecule has 0 aromatic heterocycles. The van der Waals surface area contributed by atoms with Crippen LogP contribution in [-0.4, -0.2) is 25.9 Å². The Kier molecular flexibility index (Phi) is 3.63. The van der Waals surface area contributed by atoms with E-state index in [0.29, 0.717) is 4.47 Å². The lowest BCUT2D eigenvalue weighted by atomic mass is 10.3. The molecule has 0 heterocycles. The Morgan fingerprint density at radius 3 is 2.57 bits per heavy atom. The van der Waals surface area contributed by atoms with Gasteiger partial charge in [0.25, 0.3) is 0 Å². The highest BCUT2D eigenvalue weighted by Crippen LogP contribution is 2.20. The number of sulfone groups is 1. The Bertz CT molecular complexity index is 430. The van der Waals surface area contributed by atoms with Crippen molar-refractivity contribution in [3.8, 4) is 0 Å². The summed E-state index contributed by atoms with van der Waals surface area (Å²) in [7, 11) is -3.70. The molecule has 0 bridgehead atoms. The molecule has 0 aliphatic heterocycles. The van der Waals surface area contributed by atoms with Crippen LogP contribution in [0.3, 0.4) is 0 Å². The molecule has 0 saturated heterocycles. The van der Waals surface area contributed by atoms with Gasteiger partial charge in [0.15, 0.2) is 9.84 Å². The van der Waals surface area contributed by atoms with Crippen molar-refractivity contribution < 1.29 is 17.9 Å². The molecular formula is C8H8BrFO3S. The van der Waals surface area contributed by atoms with Gasteiger partial charge in [-0.2, -0.15) is 0 Å². The zero-order valence-electron chi connectivity index (χ0n) is 7.07. The molecule has 0 unspecified atom stereocenters. The number of aliphatic hydroxyl groups excluding tert-OH is 1. The third-order valence-electron chi connectivity index (χ3n) is 1.59. The Hall–Kier alpha value is -0.460. The topological polar surface area (TPSA) is 54.4 Å². The predicted octanol–water partition coefficient (Wildman–Crippen LogP) is 1.35. The minimum Gasteiger partial charge on any atom is -0.395 e. The zero-order valence-corrected chi connectivity index (χ0v) is 9.48. The van der Waals surface area contributed by atoms with Crippen LogP contribution in [0.2, 0.25) is 0 Å². The van der Waals surface area contributed by atoms with Gasteiger partial charge in [-0.15, -0.1) is 0 Å². The average molecular weight is 283 g/mol. The van der Waals surface area contributed by atoms with E-state index in [1.54, 1.807) is 0 Å². The molecular weight excluding hydrogens is 275 g/mol. The number of benzene rings is 1. The van der Waals surface area contributed by atoms with E-state index in [4.69, 9.17) is 5.11 Å². The van der Waals surface area contributed by atoms with Crippen LogP contribution in [-0.2, 0) is 9.84 Å². The summed E-state index contributed by atoms with van der Waals surface area (Å²) in [5.41, 5.74) is 0. The number of halogens is 2. The first kappa shape index (κ1) is 11.6. The third-order valence-corrected chi connectivity index (χ3v) is 3.80. The van der Waals surface area contributed by atoms with E-state index in [2.05, 4.69) is 15.9 Å². The highest BCUT2D eigenvalue weighted by molar-refractivity contribution is 9.10. The molecule has 0 amide bonds. The maximum Gasteiger partial charge on any atom is 0.183 e. The Morgan fingerprint density at radius 1 is 1.43 bits per heavy atom. The van der Waals surface area contributed by atoms with Crippen LogP contribution < -0.4 is 0 Å². The Morgan fingerprint density at radius 2 is 2.07 bits per heavy atom. The average Bonchev–Trinajstić information content (AvgIpc) is 2.02. The maximum atomic E-state index is 13.2. The summed E-state index contributed by atoms with van der Waals surface area (Å²) in [5, 5.41) is 8.50. The van der Waals surface area contributed by atoms with Gasteiger partial charge < -0.3 is 5.11 Å². The van der Waals surface area contributed by atoms with Crippen molar-refractivity contribution in [1.29, 1.82) is 0 Å². The van der Waals surface area contributed by atoms with E-state index in [-0.39, 0.29) is 4.90 Å². The monoisotopic (exact) mass is 282 g/mol. The lowest BCUT2D eigenvalue weighted by molar-refractivity contribution is 0.319. The van der Waals surface area contributed by atoms with Gasteiger partial charge in [0.05, 0.1) is 12.4 Å². The van der Waals surface area contributed by atoms with Crippen LogP contribution in [0.25, 0.3) is 0 Å². The van der Waals surface area contributed by atoms with E-state index >= 15 is 0 Å². The van der Waals surface area contributed by atoms with Gasteiger partial charge in [-0.25, -0.2) is 12.8 Å². The number of hydrogen-bond donors (Lipinski definition) is 1. The van der Waals surface area contributed by atoms with Crippen molar-refractivity contribution in [1.82, 2.24) is 0 Å². The zero-order chi connectivity index (χ0) is 10.8. The van der Waals surface area contributed by atoms with Crippen molar-refractivity contribution in [2.75, 3.05) is 12.4 Å². The molecule has 0 atom stereocenters. The number of aliphatic hydroxyl groups is 1. The van der Waals surface area contributed by atoms with E-state index in [0.717, 1.165) is 6.07 Å². The molecule has 1 rings (SSSR count). The lowest BCUT2D eigenvalue weighted by Gasteiger charge is -2.03. The molecule has 1 aromatic carbocycles. The molecule has 0 aliphatic rings. The highest BCUT2D eigenvalue weighted by Gasteiger charge is 2.18. The van der Waals surface area contributed by atoms with Gasteiger partial charge in [0.2, 0.25) is 0 Å². The quantitative estimate of drug-likeness (QED) is 0.911. The minimum atomic E-state index is -3.70. The molecule has 1 N–H and O–H groups in total. The molecule has 0 radical (unpaired) electrons. The SMILES string of the molecule is O=S(=O)(CCO)c1ccc(Br)cc1F. The van der Waals surface area contributed by atoms with Crippen molar-refractivity contribution >= 4 is 25.8 Å². The van der Waals surface area contributed by atoms with Gasteiger partial charge in [-0.3, -0.25) is 0 Å². The van der Waals surface area contributed by atoms with Crippen molar-refractivity contribution in [2.45, 2.75) is 4.90 Å². The molecule has 0 spiro atoms. The second kappa shape index (κ2) is 4.37. The van der Waals surface area contributed by atoms with Crippen LogP contribution in [0.15, 0.2) is 27.6 Å². The standard InChI is InChI=1S/C8H8BrFO3S/c9-6-1-2-8(7(10)5-6)14(12,13)4-3-11/h1-2,5,11H,3-4H2. The molecule has 1 aromatic rings. The van der Waals surface area contributed by atoms with Gasteiger partial charge in [-0.05, 0) is 18.2 Å². The summed E-state index contributed by atoms with van der Waals surface area (Å²) in [6.45, 7) is -0.516. The fraction of sp³-hybridized carbons (Fsp3) is 0.250. The largest absolute Gasteiger partial charge is 0.395 e. The first-order valence-electron chi connectivity index (χ1n) is 3.76. The van der Waals surface area contributed by atoms with Gasteiger partial charge in [-0.1, -0.05) is 15.9 Å². The Balaban J connectivity index is 3.20. The smallest absolute Gasteiger partial charge is 0.183 e. The van der Waals surface area contributed by atoms with Crippen molar-refractivity contribution in [2.24, 2.45) is 0 Å². The van der Waals surface area contributed by atoms with E-state index in [9.17, 15) is 12.8 Å². The van der Waals surface area contributed by atoms with Gasteiger partial charge in [0, 0.05) is 4.47 Å². The molecule has 0 fully saturated rings. The predicted molar refractivity (Wildman–Crippen MR) is 53.2 cm³/mol. The first-order chi connectivity index (χ1) is 6.47. The van der Waals surface area contributed by atoms with Crippen LogP contribution in [0.4, 0.5) is 4.39 Å². The lowest BCUT2D eigenvalue weighted by Crippen LogP contribution is -2.11. The van der Waals surface area contributed by atoms with Gasteiger partial charge in [0.1, 0.15) is 10.7 Å². The normalized spacial score (nSPS) is 11.6. The summed E-state index contributed by atoms with van der Waals surface area (Å²) in [4.78, 5) is -0.380. The first-order valence-corrected chi connectivity index (χ1v) is 6.20. The minimum absolute atomic E-state index is 0.380. The summed E-state index contributed by atoms with van der Waals surface area (Å²) in [6, 6.07) is 3.68. The summed E-state index contributed by atoms with van der Waals surface area (Å²) in [6.07, 6.45) is 0. The molecule has 78 valence electrons. The molecule has 3 nitrogen and oxygen atoms in total. The van der Waals surface area contributed by atoms with E-state index in [1.165, 1.54) is 12.1 Å². The second-order valence-corrected chi connectivity index (χ2v) is 5.61. The van der Waals surface area contributed by atoms with Crippen LogP contribution in [0.1, 0.15) is 0 Å². The van der Waals surface area contributed by atoms with Crippen LogP contribution in [0, 0.1) is 5.82 Å². The number of rotatable bonds is 3. The van der Waals surface area contributed by atoms with Gasteiger partial charge >= 0.3 is 0 Å². The molecule has 14 heavy (non-hydrogen) atoms. The summed E-state index contributed by atoms with van der Waals surface area (Å²) >= 11 is 3.02. The second-order valence-electron chi connectivity index (χ2n) is 2.62. The van der Waals surface area contributed by atoms with Crippen LogP contribution >= 0.6 is 15.9 Å². The Labute approximate surface area is 89.6 Å². The summed E-state index contributed by atoms with van der Waals surface area (Å²) in [5.74, 6) is -1.28.